The van der Waals surface area contributed by atoms with Crippen LogP contribution in [0.2, 0.25) is 0 Å². The fraction of sp³-hybridized carbons (Fsp3) is 0.333. The van der Waals surface area contributed by atoms with E-state index < -0.39 is 10.1 Å². The van der Waals surface area contributed by atoms with Crippen LogP contribution in [0.1, 0.15) is 5.56 Å². The summed E-state index contributed by atoms with van der Waals surface area (Å²) in [6, 6.07) is 5.96. The molecule has 0 fully saturated rings. The molecule has 1 aliphatic heterocycles. The van der Waals surface area contributed by atoms with E-state index in [-0.39, 0.29) is 6.61 Å². The molecule has 2 heterocycles. The summed E-state index contributed by atoms with van der Waals surface area (Å²) in [5, 5.41) is 0.829. The van der Waals surface area contributed by atoms with Gasteiger partial charge in [-0.1, -0.05) is 17.8 Å². The van der Waals surface area contributed by atoms with Gasteiger partial charge in [-0.25, -0.2) is 9.97 Å². The van der Waals surface area contributed by atoms with Crippen molar-refractivity contribution in [2.75, 3.05) is 31.6 Å². The number of nitrogens with zero attached hydrogens (tertiary/aromatic N) is 3. The van der Waals surface area contributed by atoms with E-state index in [2.05, 4.69) is 9.97 Å². The summed E-state index contributed by atoms with van der Waals surface area (Å²) >= 11 is 1.55. The SMILES string of the molecule is COCN1c2cc(CCOS(C)(=O)=O)ccc2Sc2nccnc21. The summed E-state index contributed by atoms with van der Waals surface area (Å²) in [6.45, 7) is 0.466. The Morgan fingerprint density at radius 2 is 2.04 bits per heavy atom. The Hall–Kier alpha value is -1.68. The Balaban J connectivity index is 1.87. The Morgan fingerprint density at radius 1 is 1.25 bits per heavy atom. The van der Waals surface area contributed by atoms with Crippen molar-refractivity contribution in [3.63, 3.8) is 0 Å². The number of hydrogen-bond donors (Lipinski definition) is 0. The van der Waals surface area contributed by atoms with Crippen molar-refractivity contribution in [2.24, 2.45) is 0 Å². The molecule has 0 saturated carbocycles. The molecular formula is C15H17N3O4S2. The molecule has 1 aliphatic rings. The average Bonchev–Trinajstić information content (AvgIpc) is 2.54. The normalized spacial score (nSPS) is 13.5. The smallest absolute Gasteiger partial charge is 0.264 e. The third-order valence-corrected chi connectivity index (χ3v) is 5.01. The van der Waals surface area contributed by atoms with Gasteiger partial charge in [0.05, 0.1) is 18.6 Å². The molecule has 0 saturated heterocycles. The number of benzene rings is 1. The molecular weight excluding hydrogens is 350 g/mol. The summed E-state index contributed by atoms with van der Waals surface area (Å²) in [7, 11) is -1.80. The number of fused-ring (bicyclic) bond motifs is 2. The van der Waals surface area contributed by atoms with Crippen LogP contribution in [0.25, 0.3) is 0 Å². The molecule has 24 heavy (non-hydrogen) atoms. The number of methoxy groups -OCH3 is 1. The van der Waals surface area contributed by atoms with Crippen molar-refractivity contribution in [2.45, 2.75) is 16.3 Å². The van der Waals surface area contributed by atoms with Crippen molar-refractivity contribution < 1.29 is 17.3 Å². The van der Waals surface area contributed by atoms with Crippen molar-refractivity contribution in [3.8, 4) is 0 Å². The standard InChI is InChI=1S/C15H17N3O4S2/c1-21-10-18-12-9-11(5-8-22-24(2,19)20)3-4-13(12)23-15-14(18)16-6-7-17-15/h3-4,6-7,9H,5,8,10H2,1-2H3. The van der Waals surface area contributed by atoms with E-state index >= 15 is 0 Å². The van der Waals surface area contributed by atoms with Gasteiger partial charge in [0, 0.05) is 24.4 Å². The van der Waals surface area contributed by atoms with Gasteiger partial charge in [-0.15, -0.1) is 0 Å². The van der Waals surface area contributed by atoms with Crippen molar-refractivity contribution >= 4 is 33.4 Å². The van der Waals surface area contributed by atoms with Crippen molar-refractivity contribution in [1.29, 1.82) is 0 Å². The third-order valence-electron chi connectivity index (χ3n) is 3.37. The van der Waals surface area contributed by atoms with Gasteiger partial charge in [0.15, 0.2) is 5.82 Å². The zero-order chi connectivity index (χ0) is 17.2. The highest BCUT2D eigenvalue weighted by Crippen LogP contribution is 2.46. The van der Waals surface area contributed by atoms with Gasteiger partial charge in [0.25, 0.3) is 10.1 Å². The van der Waals surface area contributed by atoms with Crippen LogP contribution in [0.15, 0.2) is 40.5 Å². The maximum atomic E-state index is 11.1. The third kappa shape index (κ3) is 3.86. The Kier molecular flexibility index (Phi) is 5.04. The van der Waals surface area contributed by atoms with Crippen LogP contribution in [0.3, 0.4) is 0 Å². The van der Waals surface area contributed by atoms with E-state index in [9.17, 15) is 8.42 Å². The Morgan fingerprint density at radius 3 is 2.79 bits per heavy atom. The largest absolute Gasteiger partial charge is 0.364 e. The summed E-state index contributed by atoms with van der Waals surface area (Å²) in [5.74, 6) is 0.751. The fourth-order valence-electron chi connectivity index (χ4n) is 2.38. The highest BCUT2D eigenvalue weighted by atomic mass is 32.2. The maximum absolute atomic E-state index is 11.1. The first kappa shape index (κ1) is 17.2. The van der Waals surface area contributed by atoms with Gasteiger partial charge in [0.2, 0.25) is 0 Å². The van der Waals surface area contributed by atoms with Gasteiger partial charge in [-0.2, -0.15) is 8.42 Å². The first-order chi connectivity index (χ1) is 11.5. The molecule has 0 unspecified atom stereocenters. The molecule has 0 amide bonds. The predicted molar refractivity (Wildman–Crippen MR) is 91.1 cm³/mol. The molecule has 3 rings (SSSR count). The topological polar surface area (TPSA) is 81.6 Å². The van der Waals surface area contributed by atoms with Crippen molar-refractivity contribution in [3.05, 3.63) is 36.2 Å². The second-order valence-corrected chi connectivity index (χ2v) is 7.89. The molecule has 0 bridgehead atoms. The maximum Gasteiger partial charge on any atom is 0.264 e. The quantitative estimate of drug-likeness (QED) is 0.719. The van der Waals surface area contributed by atoms with E-state index in [0.29, 0.717) is 13.2 Å². The van der Waals surface area contributed by atoms with Crippen molar-refractivity contribution in [1.82, 2.24) is 9.97 Å². The Bertz CT molecular complexity index is 842. The monoisotopic (exact) mass is 367 g/mol. The lowest BCUT2D eigenvalue weighted by Gasteiger charge is -2.30. The van der Waals surface area contributed by atoms with Gasteiger partial charge in [-0.3, -0.25) is 9.08 Å². The first-order valence-corrected chi connectivity index (χ1v) is 9.84. The summed E-state index contributed by atoms with van der Waals surface area (Å²) in [5.41, 5.74) is 1.94. The van der Waals surface area contributed by atoms with Crippen LogP contribution in [-0.4, -0.2) is 45.1 Å². The summed E-state index contributed by atoms with van der Waals surface area (Å²) in [6.07, 6.45) is 4.86. The zero-order valence-electron chi connectivity index (χ0n) is 13.3. The van der Waals surface area contributed by atoms with Crippen LogP contribution in [-0.2, 0) is 25.5 Å². The van der Waals surface area contributed by atoms with Gasteiger partial charge in [0.1, 0.15) is 11.8 Å². The van der Waals surface area contributed by atoms with Gasteiger partial charge < -0.3 is 4.74 Å². The van der Waals surface area contributed by atoms with E-state index in [0.717, 1.165) is 33.2 Å². The number of aromatic nitrogens is 2. The molecule has 9 heteroatoms. The predicted octanol–water partition coefficient (Wildman–Crippen LogP) is 2.20. The number of ether oxygens (including phenoxy) is 1. The number of hydrogen-bond acceptors (Lipinski definition) is 8. The van der Waals surface area contributed by atoms with E-state index in [4.69, 9.17) is 8.92 Å². The molecule has 0 aliphatic carbocycles. The molecule has 2 aromatic rings. The van der Waals surface area contributed by atoms with Crippen LogP contribution in [0.5, 0.6) is 0 Å². The van der Waals surface area contributed by atoms with Crippen LogP contribution in [0.4, 0.5) is 11.5 Å². The van der Waals surface area contributed by atoms with Gasteiger partial charge in [-0.05, 0) is 24.1 Å². The second kappa shape index (κ2) is 7.06. The molecule has 0 spiro atoms. The first-order valence-electron chi connectivity index (χ1n) is 7.20. The lowest BCUT2D eigenvalue weighted by molar-refractivity contribution is 0.204. The summed E-state index contributed by atoms with van der Waals surface area (Å²) < 4.78 is 32.2. The minimum absolute atomic E-state index is 0.117. The van der Waals surface area contributed by atoms with E-state index in [1.807, 2.05) is 23.1 Å². The highest BCUT2D eigenvalue weighted by Gasteiger charge is 2.25. The van der Waals surface area contributed by atoms with Gasteiger partial charge >= 0.3 is 0 Å². The molecule has 0 N–H and O–H groups in total. The van der Waals surface area contributed by atoms with E-state index in [1.165, 1.54) is 0 Å². The second-order valence-electron chi connectivity index (χ2n) is 5.21. The highest BCUT2D eigenvalue weighted by molar-refractivity contribution is 7.99. The number of rotatable bonds is 6. The molecule has 128 valence electrons. The van der Waals surface area contributed by atoms with Crippen LogP contribution >= 0.6 is 11.8 Å². The Labute approximate surface area is 145 Å². The molecule has 1 aromatic heterocycles. The molecule has 0 atom stereocenters. The van der Waals surface area contributed by atoms with Crippen LogP contribution < -0.4 is 4.90 Å². The molecule has 7 nitrogen and oxygen atoms in total. The molecule has 0 radical (unpaired) electrons. The lowest BCUT2D eigenvalue weighted by atomic mass is 10.1. The lowest BCUT2D eigenvalue weighted by Crippen LogP contribution is -2.24. The minimum Gasteiger partial charge on any atom is -0.364 e. The molecule has 1 aromatic carbocycles. The average molecular weight is 367 g/mol. The van der Waals surface area contributed by atoms with E-state index in [1.54, 1.807) is 31.3 Å². The zero-order valence-corrected chi connectivity index (χ0v) is 14.9. The summed E-state index contributed by atoms with van der Waals surface area (Å²) in [4.78, 5) is 11.8. The minimum atomic E-state index is -3.42. The number of anilines is 2. The fourth-order valence-corrected chi connectivity index (χ4v) is 3.75. The van der Waals surface area contributed by atoms with Crippen LogP contribution in [0, 0.1) is 0 Å².